The molecule has 3 rings (SSSR count). The number of carbonyl (C=O) groups is 3. The van der Waals surface area contributed by atoms with Crippen LogP contribution in [-0.4, -0.2) is 39.2 Å². The Labute approximate surface area is 183 Å². The number of carbonyl (C=O) groups excluding carboxylic acids is 3. The van der Waals surface area contributed by atoms with Gasteiger partial charge in [-0.2, -0.15) is 5.26 Å². The lowest BCUT2D eigenvalue weighted by Crippen LogP contribution is -2.18. The van der Waals surface area contributed by atoms with Crippen LogP contribution in [0.25, 0.3) is 6.08 Å². The molecule has 0 fully saturated rings. The van der Waals surface area contributed by atoms with E-state index in [4.69, 9.17) is 14.2 Å². The van der Waals surface area contributed by atoms with Crippen LogP contribution in [0.15, 0.2) is 29.8 Å². The Bertz CT molecular complexity index is 1090. The Kier molecular flexibility index (Phi) is 6.72. The molecule has 1 heterocycles. The Balaban J connectivity index is 1.93. The average molecular weight is 440 g/mol. The fraction of sp³-hybridized carbons (Fsp3) is 0.273. The lowest BCUT2D eigenvalue weighted by atomic mass is 9.99. The third kappa shape index (κ3) is 4.44. The van der Waals surface area contributed by atoms with Crippen molar-refractivity contribution in [1.29, 1.82) is 5.26 Å². The minimum atomic E-state index is -0.669. The summed E-state index contributed by atoms with van der Waals surface area (Å²) >= 11 is 1.20. The second-order valence-electron chi connectivity index (χ2n) is 6.65. The number of benzene rings is 1. The summed E-state index contributed by atoms with van der Waals surface area (Å²) in [5.74, 6) is -1.73. The monoisotopic (exact) mass is 440 g/mol. The SMILES string of the molecule is COC(=O)c1c(NC(=O)/C(C#N)=C/c2ccc(OC)cc2)sc2c1[C@@H](C(=O)OC)CC2. The van der Waals surface area contributed by atoms with E-state index in [2.05, 4.69) is 5.32 Å². The van der Waals surface area contributed by atoms with E-state index in [1.54, 1.807) is 31.4 Å². The Hall–Kier alpha value is -3.64. The number of thiophene rings is 1. The highest BCUT2D eigenvalue weighted by Crippen LogP contribution is 2.46. The number of amides is 1. The van der Waals surface area contributed by atoms with Gasteiger partial charge in [0.15, 0.2) is 0 Å². The summed E-state index contributed by atoms with van der Waals surface area (Å²) in [6.45, 7) is 0. The second kappa shape index (κ2) is 9.45. The molecule has 0 bridgehead atoms. The van der Waals surface area contributed by atoms with Crippen molar-refractivity contribution >= 4 is 40.3 Å². The molecule has 0 unspecified atom stereocenters. The van der Waals surface area contributed by atoms with E-state index in [1.165, 1.54) is 31.6 Å². The van der Waals surface area contributed by atoms with Gasteiger partial charge in [0.25, 0.3) is 5.91 Å². The molecule has 1 aromatic carbocycles. The number of hydrogen-bond donors (Lipinski definition) is 1. The van der Waals surface area contributed by atoms with Crippen LogP contribution in [0.5, 0.6) is 5.75 Å². The fourth-order valence-electron chi connectivity index (χ4n) is 3.42. The van der Waals surface area contributed by atoms with E-state index < -0.39 is 23.8 Å². The molecule has 1 atom stereocenters. The maximum atomic E-state index is 12.8. The van der Waals surface area contributed by atoms with Crippen LogP contribution in [0.4, 0.5) is 5.00 Å². The first kappa shape index (κ1) is 22.1. The molecule has 8 nitrogen and oxygen atoms in total. The molecule has 1 aliphatic rings. The molecule has 1 aromatic heterocycles. The van der Waals surface area contributed by atoms with Gasteiger partial charge in [0, 0.05) is 4.88 Å². The normalized spacial score (nSPS) is 14.9. The molecule has 160 valence electrons. The van der Waals surface area contributed by atoms with Crippen LogP contribution >= 0.6 is 11.3 Å². The first-order valence-corrected chi connectivity index (χ1v) is 10.1. The molecule has 0 radical (unpaired) electrons. The third-order valence-electron chi connectivity index (χ3n) is 4.92. The standard InChI is InChI=1S/C22H20N2O6S/c1-28-14-6-4-12(5-7-14)10-13(11-23)19(25)24-20-18(22(27)30-3)17-15(21(26)29-2)8-9-16(17)31-20/h4-7,10,15H,8-9H2,1-3H3,(H,24,25)/b13-10+/t15-/m0/s1. The number of rotatable bonds is 6. The number of anilines is 1. The highest BCUT2D eigenvalue weighted by Gasteiger charge is 2.38. The van der Waals surface area contributed by atoms with Crippen LogP contribution in [0.2, 0.25) is 0 Å². The summed E-state index contributed by atoms with van der Waals surface area (Å²) in [6.07, 6.45) is 2.53. The molecule has 9 heteroatoms. The minimum Gasteiger partial charge on any atom is -0.497 e. The zero-order valence-electron chi connectivity index (χ0n) is 17.2. The van der Waals surface area contributed by atoms with Gasteiger partial charge < -0.3 is 19.5 Å². The maximum absolute atomic E-state index is 12.8. The van der Waals surface area contributed by atoms with Gasteiger partial charge in [-0.3, -0.25) is 9.59 Å². The van der Waals surface area contributed by atoms with E-state index in [1.807, 2.05) is 6.07 Å². The lowest BCUT2D eigenvalue weighted by Gasteiger charge is -2.11. The lowest BCUT2D eigenvalue weighted by molar-refractivity contribution is -0.142. The number of nitriles is 1. The first-order chi connectivity index (χ1) is 14.9. The molecule has 1 amide bonds. The van der Waals surface area contributed by atoms with Gasteiger partial charge in [0.1, 0.15) is 22.4 Å². The molecule has 1 aliphatic carbocycles. The molecule has 0 saturated heterocycles. The Morgan fingerprint density at radius 2 is 1.87 bits per heavy atom. The van der Waals surface area contributed by atoms with Crippen LogP contribution < -0.4 is 10.1 Å². The fourth-order valence-corrected chi connectivity index (χ4v) is 4.68. The molecule has 31 heavy (non-hydrogen) atoms. The minimum absolute atomic E-state index is 0.130. The molecule has 0 spiro atoms. The smallest absolute Gasteiger partial charge is 0.341 e. The van der Waals surface area contributed by atoms with Gasteiger partial charge in [-0.15, -0.1) is 11.3 Å². The summed E-state index contributed by atoms with van der Waals surface area (Å²) in [5, 5.41) is 12.4. The molecule has 0 saturated carbocycles. The van der Waals surface area contributed by atoms with Crippen molar-refractivity contribution in [2.45, 2.75) is 18.8 Å². The van der Waals surface area contributed by atoms with Crippen LogP contribution in [0.1, 0.15) is 38.7 Å². The van der Waals surface area contributed by atoms with E-state index in [-0.39, 0.29) is 16.1 Å². The number of nitrogens with one attached hydrogen (secondary N) is 1. The Morgan fingerprint density at radius 1 is 1.16 bits per heavy atom. The summed E-state index contributed by atoms with van der Waals surface area (Å²) in [4.78, 5) is 38.2. The summed E-state index contributed by atoms with van der Waals surface area (Å²) in [6, 6.07) is 8.73. The van der Waals surface area contributed by atoms with Gasteiger partial charge >= 0.3 is 11.9 Å². The van der Waals surface area contributed by atoms with Crippen molar-refractivity contribution < 1.29 is 28.6 Å². The maximum Gasteiger partial charge on any atom is 0.341 e. The van der Waals surface area contributed by atoms with Gasteiger partial charge in [0.05, 0.1) is 32.8 Å². The van der Waals surface area contributed by atoms with Gasteiger partial charge in [-0.25, -0.2) is 4.79 Å². The number of hydrogen-bond acceptors (Lipinski definition) is 8. The largest absolute Gasteiger partial charge is 0.497 e. The molecule has 1 N–H and O–H groups in total. The van der Waals surface area contributed by atoms with Crippen molar-refractivity contribution in [3.63, 3.8) is 0 Å². The highest BCUT2D eigenvalue weighted by molar-refractivity contribution is 7.17. The van der Waals surface area contributed by atoms with Crippen molar-refractivity contribution in [1.82, 2.24) is 0 Å². The zero-order chi connectivity index (χ0) is 22.5. The van der Waals surface area contributed by atoms with Crippen LogP contribution in [-0.2, 0) is 25.5 Å². The van der Waals surface area contributed by atoms with E-state index >= 15 is 0 Å². The van der Waals surface area contributed by atoms with Gasteiger partial charge in [-0.05, 0) is 42.2 Å². The molecule has 0 aliphatic heterocycles. The van der Waals surface area contributed by atoms with Crippen molar-refractivity contribution in [2.75, 3.05) is 26.6 Å². The topological polar surface area (TPSA) is 115 Å². The quantitative estimate of drug-likeness (QED) is 0.416. The number of esters is 2. The molecular formula is C22H20N2O6S. The predicted molar refractivity (Wildman–Crippen MR) is 114 cm³/mol. The second-order valence-corrected chi connectivity index (χ2v) is 7.75. The molecule has 2 aromatic rings. The average Bonchev–Trinajstić information content (AvgIpc) is 3.35. The predicted octanol–water partition coefficient (Wildman–Crippen LogP) is 3.29. The van der Waals surface area contributed by atoms with Gasteiger partial charge in [0.2, 0.25) is 0 Å². The van der Waals surface area contributed by atoms with E-state index in [0.717, 1.165) is 4.88 Å². The van der Waals surface area contributed by atoms with Crippen LogP contribution in [0, 0.1) is 11.3 Å². The van der Waals surface area contributed by atoms with Crippen molar-refractivity contribution in [2.24, 2.45) is 0 Å². The number of methoxy groups -OCH3 is 3. The van der Waals surface area contributed by atoms with Crippen molar-refractivity contribution in [3.05, 3.63) is 51.4 Å². The summed E-state index contributed by atoms with van der Waals surface area (Å²) in [7, 11) is 4.06. The molecular weight excluding hydrogens is 420 g/mol. The summed E-state index contributed by atoms with van der Waals surface area (Å²) < 4.78 is 14.8. The number of fused-ring (bicyclic) bond motifs is 1. The number of nitrogens with zero attached hydrogens (tertiary/aromatic N) is 1. The number of aryl methyl sites for hydroxylation is 1. The van der Waals surface area contributed by atoms with Crippen molar-refractivity contribution in [3.8, 4) is 11.8 Å². The van der Waals surface area contributed by atoms with Gasteiger partial charge in [-0.1, -0.05) is 12.1 Å². The zero-order valence-corrected chi connectivity index (χ0v) is 18.0. The van der Waals surface area contributed by atoms with E-state index in [9.17, 15) is 19.6 Å². The third-order valence-corrected chi connectivity index (χ3v) is 6.11. The summed E-state index contributed by atoms with van der Waals surface area (Å²) in [5.41, 5.74) is 1.15. The van der Waals surface area contributed by atoms with E-state index in [0.29, 0.717) is 29.7 Å². The highest BCUT2D eigenvalue weighted by atomic mass is 32.1. The first-order valence-electron chi connectivity index (χ1n) is 9.32. The Morgan fingerprint density at radius 3 is 2.45 bits per heavy atom. The number of ether oxygens (including phenoxy) is 3. The van der Waals surface area contributed by atoms with Crippen LogP contribution in [0.3, 0.4) is 0 Å².